The summed E-state index contributed by atoms with van der Waals surface area (Å²) >= 11 is 0. The van der Waals surface area contributed by atoms with E-state index in [0.29, 0.717) is 32.7 Å². The summed E-state index contributed by atoms with van der Waals surface area (Å²) in [5.74, 6) is -0.728. The number of amides is 3. The molecule has 4 aliphatic rings. The number of benzene rings is 1. The third-order valence-electron chi connectivity index (χ3n) is 6.70. The van der Waals surface area contributed by atoms with Gasteiger partial charge in [0, 0.05) is 19.5 Å². The summed E-state index contributed by atoms with van der Waals surface area (Å²) in [4.78, 5) is 43.0. The first kappa shape index (κ1) is 17.6. The van der Waals surface area contributed by atoms with E-state index >= 15 is 0 Å². The number of likely N-dealkylation sites (tertiary alicyclic amines) is 1. The summed E-state index contributed by atoms with van der Waals surface area (Å²) in [6, 6.07) is 8.86. The maximum Gasteiger partial charge on any atom is 0.246 e. The van der Waals surface area contributed by atoms with Crippen molar-refractivity contribution in [1.82, 2.24) is 9.80 Å². The Morgan fingerprint density at radius 1 is 1.00 bits per heavy atom. The highest BCUT2D eigenvalue weighted by Gasteiger charge is 2.61. The lowest BCUT2D eigenvalue weighted by molar-refractivity contribution is -0.154. The van der Waals surface area contributed by atoms with Crippen molar-refractivity contribution < 1.29 is 19.1 Å². The normalized spacial score (nSPS) is 32.1. The molecule has 2 aliphatic carbocycles. The maximum atomic E-state index is 13.4. The fraction of sp³-hybridized carbons (Fsp3) is 0.500. The van der Waals surface area contributed by atoms with Crippen LogP contribution in [0.25, 0.3) is 0 Å². The van der Waals surface area contributed by atoms with Gasteiger partial charge in [0.1, 0.15) is 6.04 Å². The molecule has 0 unspecified atom stereocenters. The zero-order chi connectivity index (χ0) is 19.3. The fourth-order valence-corrected chi connectivity index (χ4v) is 5.35. The predicted molar refractivity (Wildman–Crippen MR) is 101 cm³/mol. The summed E-state index contributed by atoms with van der Waals surface area (Å²) in [7, 11) is 0. The fourth-order valence-electron chi connectivity index (χ4n) is 5.35. The topological polar surface area (TPSA) is 66.9 Å². The van der Waals surface area contributed by atoms with E-state index in [1.807, 2.05) is 30.3 Å². The van der Waals surface area contributed by atoms with E-state index in [0.717, 1.165) is 12.0 Å². The Hall–Kier alpha value is -2.47. The first-order chi connectivity index (χ1) is 13.6. The minimum Gasteiger partial charge on any atom is -0.378 e. The van der Waals surface area contributed by atoms with Crippen LogP contribution in [0.1, 0.15) is 12.0 Å². The molecule has 146 valence electrons. The molecule has 0 spiro atoms. The number of hydrogen-bond acceptors (Lipinski definition) is 4. The van der Waals surface area contributed by atoms with E-state index in [9.17, 15) is 14.4 Å². The Bertz CT molecular complexity index is 800. The second-order valence-corrected chi connectivity index (χ2v) is 8.19. The van der Waals surface area contributed by atoms with Crippen LogP contribution in [0.15, 0.2) is 42.5 Å². The van der Waals surface area contributed by atoms with Crippen LogP contribution in [-0.4, -0.2) is 59.9 Å². The van der Waals surface area contributed by atoms with E-state index in [4.69, 9.17) is 4.74 Å². The summed E-state index contributed by atoms with van der Waals surface area (Å²) in [5.41, 5.74) is 0.952. The number of fused-ring (bicyclic) bond motifs is 5. The van der Waals surface area contributed by atoms with Gasteiger partial charge in [0.15, 0.2) is 0 Å². The number of morpholine rings is 1. The Morgan fingerprint density at radius 2 is 1.61 bits per heavy atom. The van der Waals surface area contributed by atoms with Gasteiger partial charge in [-0.15, -0.1) is 0 Å². The number of nitrogens with zero attached hydrogens (tertiary/aromatic N) is 2. The smallest absolute Gasteiger partial charge is 0.246 e. The molecular weight excluding hydrogens is 356 g/mol. The zero-order valence-corrected chi connectivity index (χ0v) is 15.7. The maximum absolute atomic E-state index is 13.4. The molecule has 2 saturated heterocycles. The zero-order valence-electron chi connectivity index (χ0n) is 15.7. The van der Waals surface area contributed by atoms with Gasteiger partial charge in [-0.2, -0.15) is 0 Å². The minimum atomic E-state index is -0.773. The molecule has 5 atom stereocenters. The van der Waals surface area contributed by atoms with E-state index in [2.05, 4.69) is 12.2 Å². The van der Waals surface area contributed by atoms with Crippen molar-refractivity contribution in [3.63, 3.8) is 0 Å². The van der Waals surface area contributed by atoms with Crippen LogP contribution < -0.4 is 0 Å². The van der Waals surface area contributed by atoms with Crippen molar-refractivity contribution in [2.45, 2.75) is 18.9 Å². The number of carbonyl (C=O) groups is 3. The van der Waals surface area contributed by atoms with Crippen LogP contribution >= 0.6 is 0 Å². The number of imide groups is 1. The van der Waals surface area contributed by atoms with Crippen LogP contribution in [-0.2, 0) is 25.5 Å². The molecule has 0 aromatic heterocycles. The predicted octanol–water partition coefficient (Wildman–Crippen LogP) is 1.26. The highest BCUT2D eigenvalue weighted by molar-refractivity contribution is 6.09. The molecule has 2 heterocycles. The average Bonchev–Trinajstić information content (AvgIpc) is 3.41. The molecule has 2 bridgehead atoms. The molecule has 1 aromatic carbocycles. The molecule has 28 heavy (non-hydrogen) atoms. The Labute approximate surface area is 164 Å². The molecule has 6 heteroatoms. The van der Waals surface area contributed by atoms with Crippen LogP contribution in [0.4, 0.5) is 0 Å². The quantitative estimate of drug-likeness (QED) is 0.583. The summed E-state index contributed by atoms with van der Waals surface area (Å²) in [5, 5.41) is 0. The number of rotatable bonds is 4. The van der Waals surface area contributed by atoms with Crippen molar-refractivity contribution in [3.05, 3.63) is 48.0 Å². The van der Waals surface area contributed by atoms with E-state index in [1.54, 1.807) is 4.90 Å². The summed E-state index contributed by atoms with van der Waals surface area (Å²) < 4.78 is 5.36. The largest absolute Gasteiger partial charge is 0.378 e. The van der Waals surface area contributed by atoms with Crippen molar-refractivity contribution in [1.29, 1.82) is 0 Å². The Morgan fingerprint density at radius 3 is 2.21 bits per heavy atom. The van der Waals surface area contributed by atoms with Gasteiger partial charge in [0.2, 0.25) is 17.7 Å². The first-order valence-electron chi connectivity index (χ1n) is 10.1. The summed E-state index contributed by atoms with van der Waals surface area (Å²) in [6.07, 6.45) is 5.41. The SMILES string of the molecule is O=C([C@H](Cc1ccccc1)N1C(=O)[C@@H]2[C@@H](C1=O)[C@H]1C=C[C@H]2C1)N1CCOCC1. The molecule has 1 aromatic rings. The van der Waals surface area contributed by atoms with Gasteiger partial charge in [-0.05, 0) is 23.8 Å². The van der Waals surface area contributed by atoms with Crippen LogP contribution in [0.2, 0.25) is 0 Å². The second-order valence-electron chi connectivity index (χ2n) is 8.19. The third kappa shape index (κ3) is 2.70. The molecule has 5 rings (SSSR count). The molecule has 1 saturated carbocycles. The monoisotopic (exact) mass is 380 g/mol. The van der Waals surface area contributed by atoms with E-state index in [1.165, 1.54) is 4.90 Å². The summed E-state index contributed by atoms with van der Waals surface area (Å²) in [6.45, 7) is 1.98. The molecule has 0 N–H and O–H groups in total. The van der Waals surface area contributed by atoms with Crippen molar-refractivity contribution in [3.8, 4) is 0 Å². The van der Waals surface area contributed by atoms with Gasteiger partial charge in [-0.25, -0.2) is 0 Å². The molecular formula is C22H24N2O4. The lowest BCUT2D eigenvalue weighted by Gasteiger charge is -2.34. The molecule has 3 fully saturated rings. The second kappa shape index (κ2) is 6.85. The highest BCUT2D eigenvalue weighted by Crippen LogP contribution is 2.53. The number of allylic oxidation sites excluding steroid dienone is 2. The van der Waals surface area contributed by atoms with Gasteiger partial charge < -0.3 is 9.64 Å². The van der Waals surface area contributed by atoms with Crippen LogP contribution in [0.5, 0.6) is 0 Å². The van der Waals surface area contributed by atoms with Crippen molar-refractivity contribution >= 4 is 17.7 Å². The Kier molecular flexibility index (Phi) is 4.31. The Balaban J connectivity index is 1.46. The number of ether oxygens (including phenoxy) is 1. The number of carbonyl (C=O) groups excluding carboxylic acids is 3. The van der Waals surface area contributed by atoms with Crippen LogP contribution in [0.3, 0.4) is 0 Å². The number of hydrogen-bond donors (Lipinski definition) is 0. The average molecular weight is 380 g/mol. The molecule has 0 radical (unpaired) electrons. The lowest BCUT2D eigenvalue weighted by Crippen LogP contribution is -2.55. The van der Waals surface area contributed by atoms with E-state index < -0.39 is 6.04 Å². The van der Waals surface area contributed by atoms with Gasteiger partial charge in [0.05, 0.1) is 25.0 Å². The van der Waals surface area contributed by atoms with Crippen LogP contribution in [0, 0.1) is 23.7 Å². The third-order valence-corrected chi connectivity index (χ3v) is 6.70. The van der Waals surface area contributed by atoms with Crippen molar-refractivity contribution in [2.75, 3.05) is 26.3 Å². The van der Waals surface area contributed by atoms with Gasteiger partial charge in [-0.3, -0.25) is 19.3 Å². The van der Waals surface area contributed by atoms with Crippen molar-refractivity contribution in [2.24, 2.45) is 23.7 Å². The molecule has 2 aliphatic heterocycles. The molecule has 3 amide bonds. The van der Waals surface area contributed by atoms with Gasteiger partial charge in [0.25, 0.3) is 0 Å². The van der Waals surface area contributed by atoms with Gasteiger partial charge >= 0.3 is 0 Å². The lowest BCUT2D eigenvalue weighted by atomic mass is 9.85. The molecule has 6 nitrogen and oxygen atoms in total. The van der Waals surface area contributed by atoms with Gasteiger partial charge in [-0.1, -0.05) is 42.5 Å². The first-order valence-corrected chi connectivity index (χ1v) is 10.1. The van der Waals surface area contributed by atoms with E-state index in [-0.39, 0.29) is 41.4 Å². The standard InChI is InChI=1S/C22H24N2O4/c25-20(23-8-10-28-11-9-23)17(12-14-4-2-1-3-5-14)24-21(26)18-15-6-7-16(13-15)19(18)22(24)27/h1-7,15-19H,8-13H2/t15-,16-,17-,18-,19-/m0/s1. The highest BCUT2D eigenvalue weighted by atomic mass is 16.5. The minimum absolute atomic E-state index is 0.144.